The number of carbonyl (C=O) groups is 1. The Morgan fingerprint density at radius 1 is 1.57 bits per heavy atom. The van der Waals surface area contributed by atoms with Gasteiger partial charge in [0.1, 0.15) is 0 Å². The van der Waals surface area contributed by atoms with Gasteiger partial charge in [-0.2, -0.15) is 0 Å². The molecule has 1 amide bonds. The van der Waals surface area contributed by atoms with Gasteiger partial charge in [0.25, 0.3) is 0 Å². The highest BCUT2D eigenvalue weighted by molar-refractivity contribution is 5.65. The van der Waals surface area contributed by atoms with Gasteiger partial charge in [-0.1, -0.05) is 20.8 Å². The zero-order chi connectivity index (χ0) is 10.8. The fourth-order valence-electron chi connectivity index (χ4n) is 2.14. The van der Waals surface area contributed by atoms with E-state index in [0.717, 1.165) is 19.5 Å². The second-order valence-electron chi connectivity index (χ2n) is 5.05. The van der Waals surface area contributed by atoms with Crippen LogP contribution in [0.2, 0.25) is 0 Å². The largest absolute Gasteiger partial charge is 0.465 e. The molecule has 0 radical (unpaired) electrons. The standard InChI is InChI=1S/C10H20N2O2/c1-10(2,3)8(12-9(13)14)7-4-5-11-6-7/h7-8,11-12H,4-6H2,1-3H3,(H,13,14). The highest BCUT2D eigenvalue weighted by Gasteiger charge is 2.34. The van der Waals surface area contributed by atoms with E-state index < -0.39 is 6.09 Å². The van der Waals surface area contributed by atoms with Gasteiger partial charge in [-0.3, -0.25) is 0 Å². The molecule has 4 nitrogen and oxygen atoms in total. The highest BCUT2D eigenvalue weighted by atomic mass is 16.4. The van der Waals surface area contributed by atoms with Crippen LogP contribution in [0.4, 0.5) is 4.79 Å². The summed E-state index contributed by atoms with van der Waals surface area (Å²) in [5.41, 5.74) is -0.0188. The smallest absolute Gasteiger partial charge is 0.404 e. The molecule has 2 unspecified atom stereocenters. The van der Waals surface area contributed by atoms with Crippen LogP contribution in [0.5, 0.6) is 0 Å². The fourth-order valence-corrected chi connectivity index (χ4v) is 2.14. The molecular formula is C10H20N2O2. The van der Waals surface area contributed by atoms with Gasteiger partial charge in [0, 0.05) is 6.04 Å². The van der Waals surface area contributed by atoms with E-state index in [1.165, 1.54) is 0 Å². The summed E-state index contributed by atoms with van der Waals surface area (Å²) in [6.07, 6.45) is 0.138. The average molecular weight is 200 g/mol. The van der Waals surface area contributed by atoms with Gasteiger partial charge >= 0.3 is 6.09 Å². The van der Waals surface area contributed by atoms with Crippen molar-refractivity contribution in [1.82, 2.24) is 10.6 Å². The molecular weight excluding hydrogens is 180 g/mol. The monoisotopic (exact) mass is 200 g/mol. The molecule has 1 heterocycles. The quantitative estimate of drug-likeness (QED) is 0.629. The molecule has 2 atom stereocenters. The van der Waals surface area contributed by atoms with Gasteiger partial charge in [-0.25, -0.2) is 4.79 Å². The maximum Gasteiger partial charge on any atom is 0.404 e. The number of amides is 1. The van der Waals surface area contributed by atoms with Crippen LogP contribution in [-0.4, -0.2) is 30.3 Å². The van der Waals surface area contributed by atoms with Gasteiger partial charge in [0.05, 0.1) is 0 Å². The Morgan fingerprint density at radius 2 is 2.21 bits per heavy atom. The molecule has 0 spiro atoms. The molecule has 1 saturated heterocycles. The van der Waals surface area contributed by atoms with Crippen LogP contribution in [0.15, 0.2) is 0 Å². The summed E-state index contributed by atoms with van der Waals surface area (Å²) in [6, 6.07) is 0.0370. The molecule has 0 aromatic rings. The third-order valence-corrected chi connectivity index (χ3v) is 2.78. The summed E-state index contributed by atoms with van der Waals surface area (Å²) in [4.78, 5) is 10.7. The highest BCUT2D eigenvalue weighted by Crippen LogP contribution is 2.28. The Kier molecular flexibility index (Phi) is 3.37. The van der Waals surface area contributed by atoms with E-state index in [9.17, 15) is 4.79 Å². The predicted octanol–water partition coefficient (Wildman–Crippen LogP) is 1.28. The molecule has 82 valence electrons. The topological polar surface area (TPSA) is 61.4 Å². The number of carboxylic acid groups (broad SMARTS) is 1. The fraction of sp³-hybridized carbons (Fsp3) is 0.900. The SMILES string of the molecule is CC(C)(C)C(NC(=O)O)C1CCNC1. The molecule has 3 N–H and O–H groups in total. The van der Waals surface area contributed by atoms with Crippen molar-refractivity contribution >= 4 is 6.09 Å². The van der Waals surface area contributed by atoms with Crippen molar-refractivity contribution in [2.45, 2.75) is 33.2 Å². The van der Waals surface area contributed by atoms with Crippen molar-refractivity contribution in [1.29, 1.82) is 0 Å². The van der Waals surface area contributed by atoms with Crippen molar-refractivity contribution in [2.75, 3.05) is 13.1 Å². The minimum absolute atomic E-state index is 0.0188. The zero-order valence-electron chi connectivity index (χ0n) is 9.13. The minimum Gasteiger partial charge on any atom is -0.465 e. The first-order valence-electron chi connectivity index (χ1n) is 5.11. The first kappa shape index (κ1) is 11.3. The first-order chi connectivity index (χ1) is 6.41. The average Bonchev–Trinajstić information content (AvgIpc) is 2.49. The van der Waals surface area contributed by atoms with E-state index in [1.807, 2.05) is 0 Å². The maximum atomic E-state index is 10.7. The van der Waals surface area contributed by atoms with Crippen molar-refractivity contribution < 1.29 is 9.90 Å². The molecule has 0 saturated carbocycles. The molecule has 14 heavy (non-hydrogen) atoms. The van der Waals surface area contributed by atoms with E-state index in [4.69, 9.17) is 5.11 Å². The Labute approximate surface area is 85.1 Å². The van der Waals surface area contributed by atoms with Gasteiger partial charge in [-0.05, 0) is 30.8 Å². The number of nitrogens with one attached hydrogen (secondary N) is 2. The van der Waals surface area contributed by atoms with E-state index in [0.29, 0.717) is 5.92 Å². The van der Waals surface area contributed by atoms with E-state index >= 15 is 0 Å². The van der Waals surface area contributed by atoms with Crippen molar-refractivity contribution in [3.8, 4) is 0 Å². The summed E-state index contributed by atoms with van der Waals surface area (Å²) >= 11 is 0. The van der Waals surface area contributed by atoms with Gasteiger partial charge in [0.2, 0.25) is 0 Å². The van der Waals surface area contributed by atoms with Crippen LogP contribution < -0.4 is 10.6 Å². The lowest BCUT2D eigenvalue weighted by Gasteiger charge is -2.34. The van der Waals surface area contributed by atoms with Crippen LogP contribution in [0, 0.1) is 11.3 Å². The molecule has 0 aromatic carbocycles. The Hall–Kier alpha value is -0.770. The lowest BCUT2D eigenvalue weighted by molar-refractivity contribution is 0.156. The Balaban J connectivity index is 2.65. The molecule has 0 bridgehead atoms. The lowest BCUT2D eigenvalue weighted by Crippen LogP contribution is -2.48. The zero-order valence-corrected chi connectivity index (χ0v) is 9.13. The molecule has 1 aliphatic heterocycles. The molecule has 0 aromatic heterocycles. The maximum absolute atomic E-state index is 10.7. The normalized spacial score (nSPS) is 24.6. The van der Waals surface area contributed by atoms with Crippen LogP contribution in [0.3, 0.4) is 0 Å². The Bertz CT molecular complexity index is 205. The van der Waals surface area contributed by atoms with Gasteiger partial charge in [0.15, 0.2) is 0 Å². The second kappa shape index (κ2) is 4.17. The first-order valence-corrected chi connectivity index (χ1v) is 5.11. The molecule has 1 rings (SSSR count). The van der Waals surface area contributed by atoms with Crippen molar-refractivity contribution in [2.24, 2.45) is 11.3 Å². The van der Waals surface area contributed by atoms with Crippen LogP contribution >= 0.6 is 0 Å². The lowest BCUT2D eigenvalue weighted by atomic mass is 9.78. The van der Waals surface area contributed by atoms with Crippen molar-refractivity contribution in [3.05, 3.63) is 0 Å². The summed E-state index contributed by atoms with van der Waals surface area (Å²) < 4.78 is 0. The minimum atomic E-state index is -0.920. The summed E-state index contributed by atoms with van der Waals surface area (Å²) in [5, 5.41) is 14.7. The number of rotatable bonds is 2. The second-order valence-corrected chi connectivity index (χ2v) is 5.05. The summed E-state index contributed by atoms with van der Waals surface area (Å²) in [7, 11) is 0. The van der Waals surface area contributed by atoms with Gasteiger partial charge in [-0.15, -0.1) is 0 Å². The molecule has 0 aliphatic carbocycles. The van der Waals surface area contributed by atoms with Crippen LogP contribution in [-0.2, 0) is 0 Å². The van der Waals surface area contributed by atoms with Crippen LogP contribution in [0.25, 0.3) is 0 Å². The molecule has 4 heteroatoms. The van der Waals surface area contributed by atoms with Crippen LogP contribution in [0.1, 0.15) is 27.2 Å². The predicted molar refractivity (Wildman–Crippen MR) is 55.4 cm³/mol. The van der Waals surface area contributed by atoms with E-state index in [-0.39, 0.29) is 11.5 Å². The molecule has 1 fully saturated rings. The van der Waals surface area contributed by atoms with Crippen molar-refractivity contribution in [3.63, 3.8) is 0 Å². The third-order valence-electron chi connectivity index (χ3n) is 2.78. The van der Waals surface area contributed by atoms with Gasteiger partial charge < -0.3 is 15.7 Å². The number of hydrogen-bond acceptors (Lipinski definition) is 2. The summed E-state index contributed by atoms with van der Waals surface area (Å²) in [5.74, 6) is 0.422. The Morgan fingerprint density at radius 3 is 2.57 bits per heavy atom. The number of hydrogen-bond donors (Lipinski definition) is 3. The summed E-state index contributed by atoms with van der Waals surface area (Å²) in [6.45, 7) is 8.14. The third kappa shape index (κ3) is 2.87. The van der Waals surface area contributed by atoms with E-state index in [2.05, 4.69) is 31.4 Å². The molecule has 1 aliphatic rings. The van der Waals surface area contributed by atoms with E-state index in [1.54, 1.807) is 0 Å².